The first kappa shape index (κ1) is 21.6. The van der Waals surface area contributed by atoms with Gasteiger partial charge in [0.2, 0.25) is 0 Å². The van der Waals surface area contributed by atoms with E-state index < -0.39 is 5.97 Å². The summed E-state index contributed by atoms with van der Waals surface area (Å²) in [6.07, 6.45) is 0. The third kappa shape index (κ3) is 4.22. The number of halogens is 3. The molecule has 0 aliphatic rings. The lowest BCUT2D eigenvalue weighted by molar-refractivity contribution is 0.0697. The first-order valence-electron chi connectivity index (χ1n) is 7.95. The summed E-state index contributed by atoms with van der Waals surface area (Å²) in [6.45, 7) is 0. The van der Waals surface area contributed by atoms with E-state index in [9.17, 15) is 4.79 Å². The van der Waals surface area contributed by atoms with Gasteiger partial charge in [0.1, 0.15) is 0 Å². The molecule has 3 aromatic carbocycles. The molecule has 0 saturated heterocycles. The van der Waals surface area contributed by atoms with Gasteiger partial charge < -0.3 is 10.4 Å². The summed E-state index contributed by atoms with van der Waals surface area (Å²) in [5.74, 6) is -0.946. The molecular weight excluding hydrogens is 421 g/mol. The number of anilines is 2. The first-order valence-corrected chi connectivity index (χ1v) is 8.33. The molecule has 0 amide bonds. The van der Waals surface area contributed by atoms with E-state index in [-0.39, 0.29) is 30.4 Å². The van der Waals surface area contributed by atoms with Crippen molar-refractivity contribution in [2.24, 2.45) is 0 Å². The number of benzene rings is 3. The van der Waals surface area contributed by atoms with Crippen LogP contribution in [0.3, 0.4) is 0 Å². The lowest BCUT2D eigenvalue weighted by Crippen LogP contribution is -1.95. The number of hydrogen-bond donors (Lipinski definition) is 3. The predicted octanol–water partition coefficient (Wildman–Crippen LogP) is 6.17. The van der Waals surface area contributed by atoms with Crippen LogP contribution >= 0.6 is 36.4 Å². The van der Waals surface area contributed by atoms with Crippen molar-refractivity contribution in [3.8, 4) is 11.3 Å². The summed E-state index contributed by atoms with van der Waals surface area (Å²) in [5, 5.41) is 21.3. The van der Waals surface area contributed by atoms with Crippen LogP contribution in [0, 0.1) is 0 Å². The van der Waals surface area contributed by atoms with Crippen molar-refractivity contribution in [3.05, 3.63) is 77.3 Å². The highest BCUT2D eigenvalue weighted by atomic mass is 35.5. The first-order chi connectivity index (χ1) is 12.6. The average molecular weight is 437 g/mol. The van der Waals surface area contributed by atoms with Crippen LogP contribution in [0.15, 0.2) is 66.7 Å². The van der Waals surface area contributed by atoms with Crippen molar-refractivity contribution in [1.29, 1.82) is 0 Å². The van der Waals surface area contributed by atoms with Crippen LogP contribution in [0.25, 0.3) is 22.2 Å². The van der Waals surface area contributed by atoms with E-state index >= 15 is 0 Å². The summed E-state index contributed by atoms with van der Waals surface area (Å²) in [5.41, 5.74) is 4.48. The number of nitrogens with zero attached hydrogens (tertiary/aromatic N) is 1. The van der Waals surface area contributed by atoms with Gasteiger partial charge in [0.15, 0.2) is 0 Å². The highest BCUT2D eigenvalue weighted by Gasteiger charge is 2.10. The van der Waals surface area contributed by atoms with E-state index in [0.29, 0.717) is 5.02 Å². The van der Waals surface area contributed by atoms with Gasteiger partial charge in [-0.25, -0.2) is 4.79 Å². The van der Waals surface area contributed by atoms with Gasteiger partial charge in [-0.05, 0) is 42.5 Å². The molecule has 3 N–H and O–H groups in total. The van der Waals surface area contributed by atoms with Gasteiger partial charge in [0.25, 0.3) is 0 Å². The Morgan fingerprint density at radius 3 is 2.39 bits per heavy atom. The number of nitrogens with one attached hydrogen (secondary N) is 2. The third-order valence-electron chi connectivity index (χ3n) is 4.12. The van der Waals surface area contributed by atoms with Gasteiger partial charge in [0.05, 0.1) is 27.5 Å². The number of aromatic nitrogens is 2. The lowest BCUT2D eigenvalue weighted by Gasteiger charge is -2.08. The van der Waals surface area contributed by atoms with Crippen LogP contribution in [0.2, 0.25) is 5.02 Å². The molecule has 5 nitrogen and oxygen atoms in total. The van der Waals surface area contributed by atoms with Gasteiger partial charge in [-0.1, -0.05) is 35.9 Å². The standard InChI is InChI=1S/C20H14ClN3O2.2ClH/c21-16-3-1-2-4-17(16)22-14-9-10-15-18(11-14)23-24-19(15)12-5-7-13(8-6-12)20(25)26;;/h1-11,22H,(H,23,24)(H,25,26);2*1H. The summed E-state index contributed by atoms with van der Waals surface area (Å²) in [6, 6.07) is 20.1. The maximum absolute atomic E-state index is 11.0. The normalized spacial score (nSPS) is 10.0. The minimum Gasteiger partial charge on any atom is -0.478 e. The Kier molecular flexibility index (Phi) is 6.91. The maximum atomic E-state index is 11.0. The van der Waals surface area contributed by atoms with Gasteiger partial charge in [-0.2, -0.15) is 5.10 Å². The fourth-order valence-corrected chi connectivity index (χ4v) is 2.99. The fourth-order valence-electron chi connectivity index (χ4n) is 2.81. The van der Waals surface area contributed by atoms with Crippen LogP contribution in [0.1, 0.15) is 10.4 Å². The Balaban J connectivity index is 0.00000140. The number of para-hydroxylation sites is 1. The summed E-state index contributed by atoms with van der Waals surface area (Å²) in [7, 11) is 0. The molecule has 1 heterocycles. The van der Waals surface area contributed by atoms with Crippen molar-refractivity contribution in [1.82, 2.24) is 10.2 Å². The van der Waals surface area contributed by atoms with Crippen molar-refractivity contribution in [2.75, 3.05) is 5.32 Å². The monoisotopic (exact) mass is 435 g/mol. The third-order valence-corrected chi connectivity index (χ3v) is 4.45. The molecule has 0 aliphatic heterocycles. The van der Waals surface area contributed by atoms with Crippen molar-refractivity contribution < 1.29 is 9.90 Å². The van der Waals surface area contributed by atoms with Crippen molar-refractivity contribution >= 4 is 64.7 Å². The van der Waals surface area contributed by atoms with E-state index in [1.807, 2.05) is 42.5 Å². The number of fused-ring (bicyclic) bond motifs is 1. The van der Waals surface area contributed by atoms with E-state index in [1.54, 1.807) is 24.3 Å². The molecule has 144 valence electrons. The van der Waals surface area contributed by atoms with Crippen LogP contribution in [0.4, 0.5) is 11.4 Å². The lowest BCUT2D eigenvalue weighted by atomic mass is 10.1. The molecule has 0 unspecified atom stereocenters. The largest absolute Gasteiger partial charge is 0.478 e. The van der Waals surface area contributed by atoms with Crippen molar-refractivity contribution in [2.45, 2.75) is 0 Å². The van der Waals surface area contributed by atoms with Crippen molar-refractivity contribution in [3.63, 3.8) is 0 Å². The average Bonchev–Trinajstić information content (AvgIpc) is 3.07. The van der Waals surface area contributed by atoms with Gasteiger partial charge in [-0.3, -0.25) is 5.10 Å². The van der Waals surface area contributed by atoms with E-state index in [0.717, 1.165) is 33.5 Å². The number of carboxylic acid groups (broad SMARTS) is 1. The van der Waals surface area contributed by atoms with Crippen LogP contribution in [0.5, 0.6) is 0 Å². The van der Waals surface area contributed by atoms with E-state index in [1.165, 1.54) is 0 Å². The summed E-state index contributed by atoms with van der Waals surface area (Å²) in [4.78, 5) is 11.0. The number of carboxylic acids is 1. The van der Waals surface area contributed by atoms with Crippen LogP contribution < -0.4 is 5.32 Å². The van der Waals surface area contributed by atoms with Gasteiger partial charge in [0, 0.05) is 16.6 Å². The second kappa shape index (κ2) is 8.97. The van der Waals surface area contributed by atoms with Gasteiger partial charge >= 0.3 is 5.97 Å². The van der Waals surface area contributed by atoms with E-state index in [4.69, 9.17) is 16.7 Å². The van der Waals surface area contributed by atoms with E-state index in [2.05, 4.69) is 15.5 Å². The number of hydrogen-bond acceptors (Lipinski definition) is 3. The zero-order chi connectivity index (χ0) is 18.1. The van der Waals surface area contributed by atoms with Crippen LogP contribution in [-0.4, -0.2) is 21.3 Å². The Morgan fingerprint density at radius 1 is 1.00 bits per heavy atom. The highest BCUT2D eigenvalue weighted by molar-refractivity contribution is 6.33. The molecule has 0 saturated carbocycles. The zero-order valence-corrected chi connectivity index (χ0v) is 16.7. The highest BCUT2D eigenvalue weighted by Crippen LogP contribution is 2.30. The predicted molar refractivity (Wildman–Crippen MR) is 118 cm³/mol. The topological polar surface area (TPSA) is 78.0 Å². The second-order valence-electron chi connectivity index (χ2n) is 5.82. The number of carbonyl (C=O) groups is 1. The quantitative estimate of drug-likeness (QED) is 0.357. The molecule has 28 heavy (non-hydrogen) atoms. The molecule has 0 fully saturated rings. The smallest absolute Gasteiger partial charge is 0.335 e. The number of H-pyrrole nitrogens is 1. The number of aromatic amines is 1. The Hall–Kier alpha value is -2.73. The molecule has 0 aliphatic carbocycles. The number of rotatable bonds is 4. The number of aromatic carboxylic acids is 1. The van der Waals surface area contributed by atoms with Crippen LogP contribution in [-0.2, 0) is 0 Å². The summed E-state index contributed by atoms with van der Waals surface area (Å²) >= 11 is 6.19. The maximum Gasteiger partial charge on any atom is 0.335 e. The Labute approximate surface area is 178 Å². The molecule has 0 atom stereocenters. The molecule has 1 aromatic heterocycles. The molecule has 4 aromatic rings. The molecule has 0 radical (unpaired) electrons. The zero-order valence-electron chi connectivity index (χ0n) is 14.3. The fraction of sp³-hybridized carbons (Fsp3) is 0. The minimum atomic E-state index is -0.946. The molecular formula is C20H16Cl3N3O2. The Morgan fingerprint density at radius 2 is 1.71 bits per heavy atom. The molecule has 4 rings (SSSR count). The summed E-state index contributed by atoms with van der Waals surface area (Å²) < 4.78 is 0. The Bertz CT molecular complexity index is 1110. The minimum absolute atomic E-state index is 0. The van der Waals surface area contributed by atoms with Gasteiger partial charge in [-0.15, -0.1) is 24.8 Å². The molecule has 0 bridgehead atoms. The molecule has 0 spiro atoms. The molecule has 8 heteroatoms. The second-order valence-corrected chi connectivity index (χ2v) is 6.23. The SMILES string of the molecule is Cl.Cl.O=C(O)c1ccc(-c2n[nH]c3cc(Nc4ccccc4Cl)ccc23)cc1.